The Morgan fingerprint density at radius 3 is 2.49 bits per heavy atom. The second-order valence-electron chi connectivity index (χ2n) is 8.51. The summed E-state index contributed by atoms with van der Waals surface area (Å²) in [7, 11) is 5.48. The Labute approximate surface area is 216 Å². The number of hydrogen-bond acceptors (Lipinski definition) is 9. The van der Waals surface area contributed by atoms with Crippen molar-refractivity contribution in [2.75, 3.05) is 31.5 Å². The second kappa shape index (κ2) is 12.7. The summed E-state index contributed by atoms with van der Waals surface area (Å²) in [6.07, 6.45) is 2.35. The number of aliphatic hydroxyl groups is 1. The van der Waals surface area contributed by atoms with Gasteiger partial charge in [0.1, 0.15) is 18.5 Å². The summed E-state index contributed by atoms with van der Waals surface area (Å²) in [5.41, 5.74) is 2.66. The first-order valence-corrected chi connectivity index (χ1v) is 11.9. The van der Waals surface area contributed by atoms with Crippen LogP contribution in [0.2, 0.25) is 0 Å². The number of allylic oxidation sites excluding steroid dienone is 1. The highest BCUT2D eigenvalue weighted by Gasteiger charge is 2.29. The van der Waals surface area contributed by atoms with Crippen LogP contribution in [-0.4, -0.2) is 48.4 Å². The summed E-state index contributed by atoms with van der Waals surface area (Å²) in [5, 5.41) is 19.7. The molecule has 0 spiro atoms. The molecule has 1 aromatic heterocycles. The Balaban J connectivity index is 0.000000364. The van der Waals surface area contributed by atoms with Crippen LogP contribution >= 0.6 is 0 Å². The maximum atomic E-state index is 12.6. The average molecular weight is 507 g/mol. The highest BCUT2D eigenvalue weighted by atomic mass is 16.5. The molecule has 196 valence electrons. The van der Waals surface area contributed by atoms with Crippen molar-refractivity contribution in [3.05, 3.63) is 99.2 Å². The quantitative estimate of drug-likeness (QED) is 0.208. The third kappa shape index (κ3) is 6.75. The summed E-state index contributed by atoms with van der Waals surface area (Å²) in [6, 6.07) is 16.7. The fourth-order valence-electron chi connectivity index (χ4n) is 3.90. The molecule has 0 saturated heterocycles. The Hall–Kier alpha value is -4.15. The van der Waals surface area contributed by atoms with Crippen molar-refractivity contribution in [1.29, 1.82) is 0 Å². The van der Waals surface area contributed by atoms with Gasteiger partial charge in [0.15, 0.2) is 6.29 Å². The van der Waals surface area contributed by atoms with E-state index < -0.39 is 0 Å². The van der Waals surface area contributed by atoms with Gasteiger partial charge in [0.25, 0.3) is 5.56 Å². The van der Waals surface area contributed by atoms with Crippen LogP contribution in [-0.2, 0) is 6.61 Å². The molecule has 0 bridgehead atoms. The normalized spacial score (nSPS) is 14.5. The SMILES string of the molecule is CNC(/C=C(/C)O)NC.Cc1cccc(OCc2cc(=O)n3c(n2)NC(c2ccccc2)N3C)c1C=O. The zero-order valence-corrected chi connectivity index (χ0v) is 21.7. The van der Waals surface area contributed by atoms with Gasteiger partial charge in [-0.1, -0.05) is 42.5 Å². The van der Waals surface area contributed by atoms with Crippen LogP contribution in [0, 0.1) is 6.92 Å². The topological polar surface area (TPSA) is 121 Å². The van der Waals surface area contributed by atoms with Crippen molar-refractivity contribution in [2.24, 2.45) is 0 Å². The zero-order valence-electron chi connectivity index (χ0n) is 21.7. The van der Waals surface area contributed by atoms with Crippen LogP contribution in [0.3, 0.4) is 0 Å². The molecule has 2 aromatic carbocycles. The van der Waals surface area contributed by atoms with E-state index in [9.17, 15) is 9.59 Å². The van der Waals surface area contributed by atoms with E-state index >= 15 is 0 Å². The van der Waals surface area contributed by atoms with Crippen LogP contribution in [0.25, 0.3) is 0 Å². The molecule has 2 heterocycles. The smallest absolute Gasteiger partial charge is 0.274 e. The van der Waals surface area contributed by atoms with Crippen molar-refractivity contribution < 1.29 is 14.6 Å². The summed E-state index contributed by atoms with van der Waals surface area (Å²) in [6.45, 7) is 3.58. The van der Waals surface area contributed by atoms with Crippen LogP contribution < -0.4 is 31.3 Å². The molecule has 0 saturated carbocycles. The van der Waals surface area contributed by atoms with Gasteiger partial charge in [0.05, 0.1) is 23.2 Å². The van der Waals surface area contributed by atoms with E-state index in [1.54, 1.807) is 19.1 Å². The zero-order chi connectivity index (χ0) is 26.9. The maximum Gasteiger partial charge on any atom is 0.274 e. The minimum atomic E-state index is -0.197. The number of nitrogens with one attached hydrogen (secondary N) is 3. The van der Waals surface area contributed by atoms with Gasteiger partial charge in [-0.2, -0.15) is 4.68 Å². The largest absolute Gasteiger partial charge is 0.513 e. The number of carbonyl (C=O) groups excluding carboxylic acids is 1. The molecule has 10 heteroatoms. The second-order valence-corrected chi connectivity index (χ2v) is 8.51. The highest BCUT2D eigenvalue weighted by Crippen LogP contribution is 2.26. The van der Waals surface area contributed by atoms with Gasteiger partial charge >= 0.3 is 0 Å². The van der Waals surface area contributed by atoms with Crippen LogP contribution in [0.1, 0.15) is 40.3 Å². The number of anilines is 1. The lowest BCUT2D eigenvalue weighted by Gasteiger charge is -2.21. The molecule has 0 amide bonds. The summed E-state index contributed by atoms with van der Waals surface area (Å²) >= 11 is 0. The first kappa shape index (κ1) is 27.4. The third-order valence-electron chi connectivity index (χ3n) is 5.83. The molecule has 0 radical (unpaired) electrons. The van der Waals surface area contributed by atoms with E-state index in [2.05, 4.69) is 20.9 Å². The molecule has 4 N–H and O–H groups in total. The lowest BCUT2D eigenvalue weighted by molar-refractivity contribution is 0.111. The third-order valence-corrected chi connectivity index (χ3v) is 5.83. The van der Waals surface area contributed by atoms with E-state index in [0.29, 0.717) is 28.7 Å². The Bertz CT molecular complexity index is 1280. The number of rotatable bonds is 8. The molecule has 1 aliphatic rings. The molecular weight excluding hydrogens is 472 g/mol. The molecule has 3 aromatic rings. The number of aromatic nitrogens is 2. The Morgan fingerprint density at radius 1 is 1.19 bits per heavy atom. The molecular formula is C27H34N6O4. The summed E-state index contributed by atoms with van der Waals surface area (Å²) < 4.78 is 7.27. The van der Waals surface area contributed by atoms with E-state index in [0.717, 1.165) is 17.4 Å². The van der Waals surface area contributed by atoms with Gasteiger partial charge in [-0.3, -0.25) is 14.6 Å². The van der Waals surface area contributed by atoms with Crippen LogP contribution in [0.5, 0.6) is 5.75 Å². The average Bonchev–Trinajstić information content (AvgIpc) is 3.23. The van der Waals surface area contributed by atoms with Gasteiger partial charge in [-0.15, -0.1) is 0 Å². The standard InChI is InChI=1S/C21H20N4O3.C6H14N2O/c1-14-7-6-10-18(17(14)12-26)28-13-16-11-19(27)25-21(22-16)23-20(24(25)2)15-8-4-3-5-9-15;1-5(9)4-6(7-2)8-3/h3-12,20H,13H2,1-2H3,(H,22,23);4,6-9H,1-3H3/b;5-4-. The van der Waals surface area contributed by atoms with E-state index in [1.807, 2.05) is 75.5 Å². The number of carbonyl (C=O) groups is 1. The lowest BCUT2D eigenvalue weighted by atomic mass is 10.1. The fraction of sp³-hybridized carbons (Fsp3) is 0.296. The Morgan fingerprint density at radius 2 is 1.89 bits per heavy atom. The first-order valence-electron chi connectivity index (χ1n) is 11.9. The number of nitrogens with zero attached hydrogens (tertiary/aromatic N) is 3. The molecule has 4 rings (SSSR count). The molecule has 0 fully saturated rings. The van der Waals surface area contributed by atoms with Crippen molar-refractivity contribution in [3.8, 4) is 5.75 Å². The van der Waals surface area contributed by atoms with Gasteiger partial charge < -0.3 is 25.8 Å². The van der Waals surface area contributed by atoms with Crippen LogP contribution in [0.15, 0.2) is 71.2 Å². The summed E-state index contributed by atoms with van der Waals surface area (Å²) in [5.74, 6) is 1.26. The van der Waals surface area contributed by atoms with Gasteiger partial charge in [0.2, 0.25) is 5.95 Å². The number of benzene rings is 2. The predicted octanol–water partition coefficient (Wildman–Crippen LogP) is 2.85. The number of fused-ring (bicyclic) bond motifs is 1. The molecule has 1 unspecified atom stereocenters. The molecule has 10 nitrogen and oxygen atoms in total. The number of aliphatic hydroxyl groups excluding tert-OH is 1. The van der Waals surface area contributed by atoms with E-state index in [1.165, 1.54) is 10.7 Å². The number of likely N-dealkylation sites (N-methyl/N-ethyl adjacent to an activating group) is 2. The minimum Gasteiger partial charge on any atom is -0.513 e. The number of aldehydes is 1. The van der Waals surface area contributed by atoms with Gasteiger partial charge in [0, 0.05) is 13.1 Å². The Kier molecular flexibility index (Phi) is 9.42. The monoisotopic (exact) mass is 506 g/mol. The lowest BCUT2D eigenvalue weighted by Crippen LogP contribution is -2.37. The molecule has 1 aliphatic heterocycles. The van der Waals surface area contributed by atoms with Gasteiger partial charge in [-0.25, -0.2) is 4.98 Å². The molecule has 1 atom stereocenters. The van der Waals surface area contributed by atoms with Crippen LogP contribution in [0.4, 0.5) is 5.95 Å². The van der Waals surface area contributed by atoms with Gasteiger partial charge in [-0.05, 0) is 51.2 Å². The minimum absolute atomic E-state index is 0.0648. The van der Waals surface area contributed by atoms with Crippen molar-refractivity contribution in [2.45, 2.75) is 32.8 Å². The number of hydrogen-bond donors (Lipinski definition) is 4. The predicted molar refractivity (Wildman–Crippen MR) is 145 cm³/mol. The fourth-order valence-corrected chi connectivity index (χ4v) is 3.90. The van der Waals surface area contributed by atoms with Crippen molar-refractivity contribution >= 4 is 12.2 Å². The van der Waals surface area contributed by atoms with Crippen molar-refractivity contribution in [3.63, 3.8) is 0 Å². The number of ether oxygens (including phenoxy) is 1. The van der Waals surface area contributed by atoms with Crippen molar-refractivity contribution in [1.82, 2.24) is 20.3 Å². The molecule has 0 aliphatic carbocycles. The first-order chi connectivity index (χ1) is 17.8. The molecule has 37 heavy (non-hydrogen) atoms. The number of aryl methyl sites for hydroxylation is 1. The van der Waals surface area contributed by atoms with E-state index in [-0.39, 0.29) is 24.5 Å². The maximum absolute atomic E-state index is 12.6. The highest BCUT2D eigenvalue weighted by molar-refractivity contribution is 5.81. The van der Waals surface area contributed by atoms with E-state index in [4.69, 9.17) is 9.84 Å². The summed E-state index contributed by atoms with van der Waals surface area (Å²) in [4.78, 5) is 28.5.